The highest BCUT2D eigenvalue weighted by molar-refractivity contribution is 7.89. The lowest BCUT2D eigenvalue weighted by molar-refractivity contribution is 0.491. The van der Waals surface area contributed by atoms with Gasteiger partial charge in [-0.2, -0.15) is 0 Å². The zero-order chi connectivity index (χ0) is 21.5. The number of H-pyrrole nitrogens is 2. The van der Waals surface area contributed by atoms with Crippen LogP contribution in [0.25, 0.3) is 33.7 Å². The summed E-state index contributed by atoms with van der Waals surface area (Å²) in [6.07, 6.45) is 1.40. The maximum atomic E-state index is 15.0. The van der Waals surface area contributed by atoms with E-state index in [-0.39, 0.29) is 16.7 Å². The lowest BCUT2D eigenvalue weighted by atomic mass is 10.0. The van der Waals surface area contributed by atoms with E-state index < -0.39 is 22.9 Å². The van der Waals surface area contributed by atoms with E-state index in [0.29, 0.717) is 27.4 Å². The molecule has 9 heteroatoms. The van der Waals surface area contributed by atoms with Gasteiger partial charge in [0.15, 0.2) is 16.2 Å². The Morgan fingerprint density at radius 2 is 1.80 bits per heavy atom. The van der Waals surface area contributed by atoms with E-state index in [1.165, 1.54) is 12.3 Å². The molecule has 0 radical (unpaired) electrons. The summed E-state index contributed by atoms with van der Waals surface area (Å²) in [5.74, 6) is -0.497. The minimum atomic E-state index is -1.46. The highest BCUT2D eigenvalue weighted by Gasteiger charge is 2.24. The first-order valence-corrected chi connectivity index (χ1v) is 10.4. The molecule has 1 unspecified atom stereocenters. The zero-order valence-corrected chi connectivity index (χ0v) is 17.4. The van der Waals surface area contributed by atoms with Crippen LogP contribution in [-0.4, -0.2) is 30.0 Å². The molecular formula is C21H20FN5O2S. The topological polar surface area (TPSA) is 110 Å². The largest absolute Gasteiger partial charge is 0.593 e. The van der Waals surface area contributed by atoms with E-state index in [4.69, 9.17) is 0 Å². The van der Waals surface area contributed by atoms with Crippen LogP contribution in [0.1, 0.15) is 20.8 Å². The molecule has 0 fully saturated rings. The fourth-order valence-corrected chi connectivity index (χ4v) is 4.29. The molecule has 30 heavy (non-hydrogen) atoms. The highest BCUT2D eigenvalue weighted by Crippen LogP contribution is 2.31. The first-order chi connectivity index (χ1) is 14.2. The summed E-state index contributed by atoms with van der Waals surface area (Å²) >= 11 is -1.46. The van der Waals surface area contributed by atoms with Crippen molar-refractivity contribution >= 4 is 22.7 Å². The lowest BCUT2D eigenvalue weighted by Gasteiger charge is -2.23. The van der Waals surface area contributed by atoms with Gasteiger partial charge in [-0.1, -0.05) is 18.2 Å². The Labute approximate surface area is 175 Å². The molecule has 154 valence electrons. The first kappa shape index (κ1) is 20.3. The van der Waals surface area contributed by atoms with Gasteiger partial charge in [-0.3, -0.25) is 9.97 Å². The van der Waals surface area contributed by atoms with Crippen molar-refractivity contribution in [3.8, 4) is 22.4 Å². The van der Waals surface area contributed by atoms with E-state index in [1.54, 1.807) is 24.3 Å². The number of nitrogens with zero attached hydrogens (tertiary/aromatic N) is 2. The van der Waals surface area contributed by atoms with Gasteiger partial charge in [0.05, 0.1) is 28.8 Å². The third-order valence-electron chi connectivity index (χ3n) is 4.28. The second-order valence-corrected chi connectivity index (χ2v) is 9.02. The van der Waals surface area contributed by atoms with Crippen LogP contribution in [-0.2, 0) is 11.4 Å². The second-order valence-electron chi connectivity index (χ2n) is 7.84. The molecule has 0 saturated carbocycles. The van der Waals surface area contributed by atoms with Gasteiger partial charge < -0.3 is 4.55 Å². The van der Waals surface area contributed by atoms with Crippen molar-refractivity contribution in [1.82, 2.24) is 24.7 Å². The molecule has 0 amide bonds. The van der Waals surface area contributed by atoms with Gasteiger partial charge in [0, 0.05) is 11.1 Å². The third kappa shape index (κ3) is 4.13. The van der Waals surface area contributed by atoms with Crippen LogP contribution in [0.4, 0.5) is 4.39 Å². The molecule has 3 N–H and O–H groups in total. The number of nitrogens with one attached hydrogen (secondary N) is 3. The smallest absolute Gasteiger partial charge is 0.326 e. The molecule has 2 aromatic carbocycles. The van der Waals surface area contributed by atoms with Crippen molar-refractivity contribution in [3.63, 3.8) is 0 Å². The van der Waals surface area contributed by atoms with Gasteiger partial charge in [0.1, 0.15) is 5.82 Å². The van der Waals surface area contributed by atoms with Crippen molar-refractivity contribution < 1.29 is 8.94 Å². The third-order valence-corrected chi connectivity index (χ3v) is 5.83. The summed E-state index contributed by atoms with van der Waals surface area (Å²) in [5, 5.41) is 0. The van der Waals surface area contributed by atoms with Crippen LogP contribution < -0.4 is 10.4 Å². The molecule has 0 aliphatic carbocycles. The van der Waals surface area contributed by atoms with E-state index in [9.17, 15) is 13.7 Å². The van der Waals surface area contributed by atoms with E-state index in [2.05, 4.69) is 24.7 Å². The molecule has 0 bridgehead atoms. The Morgan fingerprint density at radius 3 is 2.53 bits per heavy atom. The highest BCUT2D eigenvalue weighted by atomic mass is 32.2. The summed E-state index contributed by atoms with van der Waals surface area (Å²) < 4.78 is 30.8. The molecule has 0 aliphatic rings. The van der Waals surface area contributed by atoms with Gasteiger partial charge in [-0.05, 0) is 50.6 Å². The zero-order valence-electron chi connectivity index (χ0n) is 16.6. The Balaban J connectivity index is 1.72. The normalized spacial score (nSPS) is 13.0. The van der Waals surface area contributed by atoms with Crippen molar-refractivity contribution in [2.45, 2.75) is 31.2 Å². The predicted octanol–water partition coefficient (Wildman–Crippen LogP) is 3.53. The molecule has 0 saturated heterocycles. The van der Waals surface area contributed by atoms with Gasteiger partial charge in [-0.15, -0.1) is 4.72 Å². The Kier molecular flexibility index (Phi) is 5.19. The van der Waals surface area contributed by atoms with Crippen molar-refractivity contribution in [2.75, 3.05) is 0 Å². The Morgan fingerprint density at radius 1 is 1.07 bits per heavy atom. The monoisotopic (exact) mass is 425 g/mol. The number of rotatable bonds is 4. The number of fused-ring (bicyclic) bond motifs is 1. The lowest BCUT2D eigenvalue weighted by Crippen LogP contribution is -2.40. The summed E-state index contributed by atoms with van der Waals surface area (Å²) in [6.45, 7) is 5.78. The Hall–Kier alpha value is -3.01. The van der Waals surface area contributed by atoms with Crippen molar-refractivity contribution in [2.24, 2.45) is 0 Å². The molecular weight excluding hydrogens is 405 g/mol. The van der Waals surface area contributed by atoms with E-state index in [1.807, 2.05) is 32.9 Å². The summed E-state index contributed by atoms with van der Waals surface area (Å²) in [4.78, 5) is 25.4. The molecule has 4 aromatic rings. The Bertz CT molecular complexity index is 1280. The molecule has 0 spiro atoms. The summed E-state index contributed by atoms with van der Waals surface area (Å²) in [6, 6.07) is 11.9. The minimum absolute atomic E-state index is 0.251. The number of imidazole rings is 1. The van der Waals surface area contributed by atoms with E-state index in [0.717, 1.165) is 0 Å². The van der Waals surface area contributed by atoms with Gasteiger partial charge in [-0.25, -0.2) is 19.2 Å². The SMILES string of the molecule is CC(C)(C)N[S+]([O-])c1ccccc1-c1ccc(-c2cnc3[nH]c(=O)[nH]c3n2)c(F)c1. The fourth-order valence-electron chi connectivity index (χ4n) is 3.03. The molecule has 2 aromatic heterocycles. The maximum Gasteiger partial charge on any atom is 0.326 e. The summed E-state index contributed by atoms with van der Waals surface area (Å²) in [5.41, 5.74) is 1.62. The average molecular weight is 425 g/mol. The van der Waals surface area contributed by atoms with Crippen LogP contribution in [0.2, 0.25) is 0 Å². The first-order valence-electron chi connectivity index (χ1n) is 9.25. The van der Waals surface area contributed by atoms with Crippen LogP contribution in [0.15, 0.2) is 58.4 Å². The standard InChI is InChI=1S/C21H20FN5O2S/c1-21(2,3)27-30(29)17-7-5-4-6-13(17)12-8-9-14(15(22)10-12)16-11-23-18-19(24-16)26-20(28)25-18/h4-11,27H,1-3H3,(H2,23,24,25,26,28). The quantitative estimate of drug-likeness (QED) is 0.433. The maximum absolute atomic E-state index is 15.0. The van der Waals surface area contributed by atoms with Crippen LogP contribution >= 0.6 is 0 Å². The minimum Gasteiger partial charge on any atom is -0.593 e. The van der Waals surface area contributed by atoms with Crippen molar-refractivity contribution in [3.05, 3.63) is 65.0 Å². The van der Waals surface area contributed by atoms with Crippen LogP contribution in [0, 0.1) is 5.82 Å². The average Bonchev–Trinajstić information content (AvgIpc) is 3.05. The van der Waals surface area contributed by atoms with Crippen LogP contribution in [0.3, 0.4) is 0 Å². The number of hydrogen-bond acceptors (Lipinski definition) is 5. The van der Waals surface area contributed by atoms with Gasteiger partial charge >= 0.3 is 5.69 Å². The molecule has 7 nitrogen and oxygen atoms in total. The van der Waals surface area contributed by atoms with Crippen molar-refractivity contribution in [1.29, 1.82) is 0 Å². The predicted molar refractivity (Wildman–Crippen MR) is 115 cm³/mol. The number of halogens is 1. The van der Waals surface area contributed by atoms with Gasteiger partial charge in [0.25, 0.3) is 0 Å². The number of aromatic nitrogens is 4. The number of benzene rings is 2. The molecule has 0 aliphatic heterocycles. The van der Waals surface area contributed by atoms with Gasteiger partial charge in [0.2, 0.25) is 0 Å². The second kappa shape index (κ2) is 7.67. The number of hydrogen-bond donors (Lipinski definition) is 3. The fraction of sp³-hybridized carbons (Fsp3) is 0.190. The van der Waals surface area contributed by atoms with E-state index >= 15 is 0 Å². The van der Waals surface area contributed by atoms with Crippen LogP contribution in [0.5, 0.6) is 0 Å². The number of aromatic amines is 2. The molecule has 4 rings (SSSR count). The molecule has 1 atom stereocenters. The summed E-state index contributed by atoms with van der Waals surface area (Å²) in [7, 11) is 0. The molecule has 2 heterocycles.